The highest BCUT2D eigenvalue weighted by atomic mass is 15.2. The third-order valence-corrected chi connectivity index (χ3v) is 5.71. The Balaban J connectivity index is 1.60. The van der Waals surface area contributed by atoms with Gasteiger partial charge in [0, 0.05) is 24.6 Å². The maximum absolute atomic E-state index is 6.15. The number of aromatic nitrogens is 2. The number of rotatable bonds is 2. The molecule has 4 rings (SSSR count). The van der Waals surface area contributed by atoms with E-state index in [2.05, 4.69) is 16.8 Å². The summed E-state index contributed by atoms with van der Waals surface area (Å²) >= 11 is 0. The molecule has 4 nitrogen and oxygen atoms in total. The van der Waals surface area contributed by atoms with E-state index < -0.39 is 0 Å². The molecule has 2 saturated carbocycles. The fraction of sp³-hybridized carbons (Fsp3) is 0.765. The number of hydrogen-bond donors (Lipinski definition) is 1. The van der Waals surface area contributed by atoms with Gasteiger partial charge in [-0.3, -0.25) is 0 Å². The summed E-state index contributed by atoms with van der Waals surface area (Å²) in [4.78, 5) is 11.9. The van der Waals surface area contributed by atoms with Crippen LogP contribution in [-0.2, 0) is 0 Å². The van der Waals surface area contributed by atoms with Crippen molar-refractivity contribution in [2.75, 3.05) is 23.7 Å². The van der Waals surface area contributed by atoms with Crippen LogP contribution in [-0.4, -0.2) is 23.1 Å². The number of anilines is 2. The summed E-state index contributed by atoms with van der Waals surface area (Å²) in [6, 6.07) is 0. The molecule has 0 spiro atoms. The molecule has 114 valence electrons. The molecule has 2 atom stereocenters. The lowest BCUT2D eigenvalue weighted by Gasteiger charge is -2.42. The Hall–Kier alpha value is -1.32. The molecule has 0 radical (unpaired) electrons. The van der Waals surface area contributed by atoms with Crippen molar-refractivity contribution in [2.24, 2.45) is 11.8 Å². The topological polar surface area (TPSA) is 55.0 Å². The molecule has 2 aliphatic carbocycles. The van der Waals surface area contributed by atoms with Gasteiger partial charge >= 0.3 is 0 Å². The second-order valence-electron chi connectivity index (χ2n) is 7.23. The van der Waals surface area contributed by atoms with Crippen LogP contribution in [0.5, 0.6) is 0 Å². The summed E-state index contributed by atoms with van der Waals surface area (Å²) in [6.07, 6.45) is 9.47. The van der Waals surface area contributed by atoms with Gasteiger partial charge in [-0.25, -0.2) is 9.97 Å². The van der Waals surface area contributed by atoms with Crippen molar-refractivity contribution in [3.05, 3.63) is 11.4 Å². The van der Waals surface area contributed by atoms with Gasteiger partial charge in [0.15, 0.2) is 0 Å². The molecular weight excluding hydrogens is 260 g/mol. The van der Waals surface area contributed by atoms with Crippen LogP contribution < -0.4 is 10.6 Å². The predicted octanol–water partition coefficient (Wildman–Crippen LogP) is 3.26. The predicted molar refractivity (Wildman–Crippen MR) is 85.4 cm³/mol. The van der Waals surface area contributed by atoms with Gasteiger partial charge < -0.3 is 10.6 Å². The van der Waals surface area contributed by atoms with Gasteiger partial charge in [0.1, 0.15) is 17.5 Å². The summed E-state index contributed by atoms with van der Waals surface area (Å²) in [5.74, 6) is 5.18. The quantitative estimate of drug-likeness (QED) is 0.906. The van der Waals surface area contributed by atoms with Crippen molar-refractivity contribution in [1.82, 2.24) is 9.97 Å². The van der Waals surface area contributed by atoms with Crippen LogP contribution in [0.1, 0.15) is 62.3 Å². The van der Waals surface area contributed by atoms with Gasteiger partial charge in [-0.15, -0.1) is 0 Å². The molecule has 2 heterocycles. The number of nitrogens with zero attached hydrogens (tertiary/aromatic N) is 3. The minimum atomic E-state index is 0.568. The zero-order valence-electron chi connectivity index (χ0n) is 13.0. The standard InChI is InChI=1S/C17H26N4/c1-11-15(18)19-16(13-6-7-13)20-17(11)21-9-8-12-4-2-3-5-14(12)10-21/h12-14H,2-10H2,1H3,(H2,18,19,20). The number of piperidine rings is 1. The van der Waals surface area contributed by atoms with E-state index in [0.29, 0.717) is 11.7 Å². The Morgan fingerprint density at radius 1 is 1.00 bits per heavy atom. The Morgan fingerprint density at radius 2 is 1.76 bits per heavy atom. The van der Waals surface area contributed by atoms with E-state index in [-0.39, 0.29) is 0 Å². The van der Waals surface area contributed by atoms with Crippen molar-refractivity contribution in [3.8, 4) is 0 Å². The lowest BCUT2D eigenvalue weighted by molar-refractivity contribution is 0.202. The normalized spacial score (nSPS) is 29.3. The molecule has 0 amide bonds. The van der Waals surface area contributed by atoms with Crippen molar-refractivity contribution in [3.63, 3.8) is 0 Å². The van der Waals surface area contributed by atoms with Gasteiger partial charge in [-0.05, 0) is 44.4 Å². The first kappa shape index (κ1) is 13.4. The van der Waals surface area contributed by atoms with E-state index >= 15 is 0 Å². The summed E-state index contributed by atoms with van der Waals surface area (Å²) in [5.41, 5.74) is 7.23. The Morgan fingerprint density at radius 3 is 2.52 bits per heavy atom. The van der Waals surface area contributed by atoms with E-state index in [4.69, 9.17) is 10.7 Å². The minimum absolute atomic E-state index is 0.568. The molecule has 3 aliphatic rings. The number of fused-ring (bicyclic) bond motifs is 1. The fourth-order valence-corrected chi connectivity index (χ4v) is 4.16. The van der Waals surface area contributed by atoms with Crippen LogP contribution in [0.25, 0.3) is 0 Å². The molecule has 3 fully saturated rings. The summed E-state index contributed by atoms with van der Waals surface area (Å²) in [6.45, 7) is 4.39. The van der Waals surface area contributed by atoms with Crippen molar-refractivity contribution in [2.45, 2.75) is 57.8 Å². The van der Waals surface area contributed by atoms with E-state index in [1.165, 1.54) is 51.5 Å². The first-order chi connectivity index (χ1) is 10.2. The molecule has 0 bridgehead atoms. The zero-order valence-corrected chi connectivity index (χ0v) is 13.0. The summed E-state index contributed by atoms with van der Waals surface area (Å²) < 4.78 is 0. The molecule has 1 aromatic rings. The average molecular weight is 286 g/mol. The van der Waals surface area contributed by atoms with Crippen LogP contribution in [0.3, 0.4) is 0 Å². The van der Waals surface area contributed by atoms with Gasteiger partial charge in [0.05, 0.1) is 0 Å². The van der Waals surface area contributed by atoms with Gasteiger partial charge in [0.2, 0.25) is 0 Å². The summed E-state index contributed by atoms with van der Waals surface area (Å²) in [7, 11) is 0. The number of nitrogens with two attached hydrogens (primary N) is 1. The smallest absolute Gasteiger partial charge is 0.137 e. The Labute approximate surface area is 127 Å². The highest BCUT2D eigenvalue weighted by Gasteiger charge is 2.33. The van der Waals surface area contributed by atoms with Crippen LogP contribution in [0, 0.1) is 18.8 Å². The minimum Gasteiger partial charge on any atom is -0.383 e. The monoisotopic (exact) mass is 286 g/mol. The van der Waals surface area contributed by atoms with Crippen LogP contribution >= 0.6 is 0 Å². The van der Waals surface area contributed by atoms with Crippen LogP contribution in [0.4, 0.5) is 11.6 Å². The van der Waals surface area contributed by atoms with Crippen LogP contribution in [0.2, 0.25) is 0 Å². The first-order valence-corrected chi connectivity index (χ1v) is 8.61. The van der Waals surface area contributed by atoms with E-state index in [9.17, 15) is 0 Å². The van der Waals surface area contributed by atoms with Crippen molar-refractivity contribution >= 4 is 11.6 Å². The molecule has 1 saturated heterocycles. The van der Waals surface area contributed by atoms with Crippen molar-refractivity contribution < 1.29 is 0 Å². The third kappa shape index (κ3) is 2.49. The molecule has 2 unspecified atom stereocenters. The SMILES string of the molecule is Cc1c(N)nc(C2CC2)nc1N1CCC2CCCCC2C1. The molecule has 21 heavy (non-hydrogen) atoms. The van der Waals surface area contributed by atoms with Gasteiger partial charge in [-0.2, -0.15) is 0 Å². The molecular formula is C17H26N4. The maximum atomic E-state index is 6.15. The molecule has 2 N–H and O–H groups in total. The second kappa shape index (κ2) is 5.15. The second-order valence-corrected chi connectivity index (χ2v) is 7.23. The number of nitrogen functional groups attached to an aromatic ring is 1. The third-order valence-electron chi connectivity index (χ3n) is 5.71. The number of hydrogen-bond acceptors (Lipinski definition) is 4. The van der Waals surface area contributed by atoms with Crippen LogP contribution in [0.15, 0.2) is 0 Å². The Kier molecular flexibility index (Phi) is 3.27. The highest BCUT2D eigenvalue weighted by Crippen LogP contribution is 2.41. The zero-order chi connectivity index (χ0) is 14.4. The van der Waals surface area contributed by atoms with E-state index in [1.807, 2.05) is 0 Å². The lowest BCUT2D eigenvalue weighted by Crippen LogP contribution is -2.42. The van der Waals surface area contributed by atoms with Gasteiger partial charge in [0.25, 0.3) is 0 Å². The van der Waals surface area contributed by atoms with E-state index in [1.54, 1.807) is 0 Å². The van der Waals surface area contributed by atoms with Gasteiger partial charge in [-0.1, -0.05) is 19.3 Å². The molecule has 4 heteroatoms. The first-order valence-electron chi connectivity index (χ1n) is 8.61. The maximum Gasteiger partial charge on any atom is 0.137 e. The lowest BCUT2D eigenvalue weighted by atomic mass is 9.75. The van der Waals surface area contributed by atoms with Crippen molar-refractivity contribution in [1.29, 1.82) is 0 Å². The fourth-order valence-electron chi connectivity index (χ4n) is 4.16. The Bertz CT molecular complexity index is 538. The molecule has 1 aromatic heterocycles. The van der Waals surface area contributed by atoms with E-state index in [0.717, 1.165) is 35.6 Å². The molecule has 0 aromatic carbocycles. The average Bonchev–Trinajstić information content (AvgIpc) is 3.34. The highest BCUT2D eigenvalue weighted by molar-refractivity contribution is 5.57. The largest absolute Gasteiger partial charge is 0.383 e. The summed E-state index contributed by atoms with van der Waals surface area (Å²) in [5, 5.41) is 0. The molecule has 1 aliphatic heterocycles.